The van der Waals surface area contributed by atoms with Gasteiger partial charge in [0.1, 0.15) is 0 Å². The van der Waals surface area contributed by atoms with E-state index in [0.29, 0.717) is 19.2 Å². The molecular weight excluding hydrogens is 180 g/mol. The van der Waals surface area contributed by atoms with E-state index in [2.05, 4.69) is 17.6 Å². The summed E-state index contributed by atoms with van der Waals surface area (Å²) < 4.78 is 4.88. The molecular formula is C10H20N2O2. The molecule has 14 heavy (non-hydrogen) atoms. The molecule has 1 heterocycles. The summed E-state index contributed by atoms with van der Waals surface area (Å²) >= 11 is 0. The Kier molecular flexibility index (Phi) is 4.90. The molecule has 82 valence electrons. The molecule has 2 atom stereocenters. The number of methoxy groups -OCH3 is 1. The zero-order chi connectivity index (χ0) is 10.4. The first-order valence-corrected chi connectivity index (χ1v) is 5.25. The Morgan fingerprint density at radius 2 is 2.43 bits per heavy atom. The van der Waals surface area contributed by atoms with Gasteiger partial charge in [0.05, 0.1) is 12.5 Å². The number of ether oxygens (including phenoxy) is 1. The van der Waals surface area contributed by atoms with E-state index in [9.17, 15) is 4.79 Å². The van der Waals surface area contributed by atoms with Crippen LogP contribution in [-0.2, 0) is 9.53 Å². The minimum atomic E-state index is 0.126. The summed E-state index contributed by atoms with van der Waals surface area (Å²) in [6.07, 6.45) is 2.08. The second-order valence-corrected chi connectivity index (χ2v) is 3.78. The Morgan fingerprint density at radius 1 is 1.64 bits per heavy atom. The molecule has 0 saturated carbocycles. The number of hydrogen-bond donors (Lipinski definition) is 2. The second kappa shape index (κ2) is 5.98. The maximum Gasteiger partial charge on any atom is 0.224 e. The molecule has 4 heteroatoms. The maximum atomic E-state index is 11.7. The minimum Gasteiger partial charge on any atom is -0.383 e. The van der Waals surface area contributed by atoms with Crippen LogP contribution in [-0.4, -0.2) is 38.8 Å². The van der Waals surface area contributed by atoms with E-state index >= 15 is 0 Å². The topological polar surface area (TPSA) is 50.4 Å². The highest BCUT2D eigenvalue weighted by Crippen LogP contribution is 2.15. The van der Waals surface area contributed by atoms with Gasteiger partial charge in [-0.2, -0.15) is 0 Å². The van der Waals surface area contributed by atoms with Crippen LogP contribution >= 0.6 is 0 Å². The third-order valence-corrected chi connectivity index (χ3v) is 2.70. The standard InChI is InChI=1S/C10H20N2O2/c1-8-9(4-3-5-11-8)10(13)12-6-7-14-2/h8-9,11H,3-7H2,1-2H3,(H,12,13)/t8-,9-/m1/s1. The lowest BCUT2D eigenvalue weighted by Gasteiger charge is -2.28. The number of carbonyl (C=O) groups excluding carboxylic acids is 1. The minimum absolute atomic E-state index is 0.126. The van der Waals surface area contributed by atoms with E-state index in [4.69, 9.17) is 4.74 Å². The molecule has 1 aliphatic rings. The van der Waals surface area contributed by atoms with Crippen molar-refractivity contribution >= 4 is 5.91 Å². The lowest BCUT2D eigenvalue weighted by Crippen LogP contribution is -2.47. The van der Waals surface area contributed by atoms with Gasteiger partial charge in [-0.3, -0.25) is 4.79 Å². The number of rotatable bonds is 4. The van der Waals surface area contributed by atoms with Gasteiger partial charge in [0, 0.05) is 19.7 Å². The van der Waals surface area contributed by atoms with Crippen molar-refractivity contribution in [1.82, 2.24) is 10.6 Å². The van der Waals surface area contributed by atoms with Crippen LogP contribution in [0.4, 0.5) is 0 Å². The van der Waals surface area contributed by atoms with Gasteiger partial charge in [-0.25, -0.2) is 0 Å². The van der Waals surface area contributed by atoms with Crippen molar-refractivity contribution in [2.24, 2.45) is 5.92 Å². The van der Waals surface area contributed by atoms with Crippen LogP contribution in [0.25, 0.3) is 0 Å². The predicted octanol–water partition coefficient (Wildman–Crippen LogP) is 0.137. The number of piperidine rings is 1. The Labute approximate surface area is 85.4 Å². The van der Waals surface area contributed by atoms with Crippen molar-refractivity contribution in [1.29, 1.82) is 0 Å². The van der Waals surface area contributed by atoms with Crippen LogP contribution in [0.5, 0.6) is 0 Å². The molecule has 1 aliphatic heterocycles. The predicted molar refractivity (Wildman–Crippen MR) is 55.1 cm³/mol. The van der Waals surface area contributed by atoms with E-state index < -0.39 is 0 Å². The smallest absolute Gasteiger partial charge is 0.224 e. The van der Waals surface area contributed by atoms with Crippen molar-refractivity contribution in [3.05, 3.63) is 0 Å². The van der Waals surface area contributed by atoms with Crippen LogP contribution in [0.3, 0.4) is 0 Å². The van der Waals surface area contributed by atoms with E-state index in [1.54, 1.807) is 7.11 Å². The largest absolute Gasteiger partial charge is 0.383 e. The summed E-state index contributed by atoms with van der Waals surface area (Å²) in [5, 5.41) is 6.19. The Balaban J connectivity index is 2.27. The first-order chi connectivity index (χ1) is 6.75. The van der Waals surface area contributed by atoms with E-state index in [1.807, 2.05) is 0 Å². The molecule has 1 rings (SSSR count). The van der Waals surface area contributed by atoms with Gasteiger partial charge in [0.15, 0.2) is 0 Å². The van der Waals surface area contributed by atoms with Crippen molar-refractivity contribution < 1.29 is 9.53 Å². The van der Waals surface area contributed by atoms with Gasteiger partial charge >= 0.3 is 0 Å². The van der Waals surface area contributed by atoms with Crippen molar-refractivity contribution in [3.8, 4) is 0 Å². The number of carbonyl (C=O) groups is 1. The lowest BCUT2D eigenvalue weighted by molar-refractivity contribution is -0.126. The van der Waals surface area contributed by atoms with Crippen molar-refractivity contribution in [2.45, 2.75) is 25.8 Å². The van der Waals surface area contributed by atoms with E-state index in [1.165, 1.54) is 0 Å². The quantitative estimate of drug-likeness (QED) is 0.635. The Hall–Kier alpha value is -0.610. The fourth-order valence-corrected chi connectivity index (χ4v) is 1.81. The molecule has 0 aromatic carbocycles. The van der Waals surface area contributed by atoms with Crippen LogP contribution < -0.4 is 10.6 Å². The Morgan fingerprint density at radius 3 is 3.07 bits per heavy atom. The molecule has 1 amide bonds. The average molecular weight is 200 g/mol. The zero-order valence-corrected chi connectivity index (χ0v) is 9.01. The van der Waals surface area contributed by atoms with Crippen LogP contribution in [0, 0.1) is 5.92 Å². The highest BCUT2D eigenvalue weighted by atomic mass is 16.5. The van der Waals surface area contributed by atoms with Crippen LogP contribution in [0.2, 0.25) is 0 Å². The summed E-state index contributed by atoms with van der Waals surface area (Å²) in [7, 11) is 1.64. The molecule has 0 unspecified atom stereocenters. The number of amides is 1. The van der Waals surface area contributed by atoms with Gasteiger partial charge in [-0.15, -0.1) is 0 Å². The van der Waals surface area contributed by atoms with Crippen LogP contribution in [0.1, 0.15) is 19.8 Å². The third-order valence-electron chi connectivity index (χ3n) is 2.70. The van der Waals surface area contributed by atoms with Gasteiger partial charge < -0.3 is 15.4 Å². The van der Waals surface area contributed by atoms with E-state index in [0.717, 1.165) is 19.4 Å². The summed E-state index contributed by atoms with van der Waals surface area (Å²) in [4.78, 5) is 11.7. The summed E-state index contributed by atoms with van der Waals surface area (Å²) in [6, 6.07) is 0.297. The summed E-state index contributed by atoms with van der Waals surface area (Å²) in [5.41, 5.74) is 0. The highest BCUT2D eigenvalue weighted by molar-refractivity contribution is 5.79. The highest BCUT2D eigenvalue weighted by Gasteiger charge is 2.26. The number of hydrogen-bond acceptors (Lipinski definition) is 3. The van der Waals surface area contributed by atoms with E-state index in [-0.39, 0.29) is 11.8 Å². The first kappa shape index (κ1) is 11.5. The molecule has 0 aromatic rings. The fraction of sp³-hybridized carbons (Fsp3) is 0.900. The van der Waals surface area contributed by atoms with Crippen molar-refractivity contribution in [3.63, 3.8) is 0 Å². The zero-order valence-electron chi connectivity index (χ0n) is 9.01. The molecule has 0 aliphatic carbocycles. The lowest BCUT2D eigenvalue weighted by atomic mass is 9.91. The van der Waals surface area contributed by atoms with Crippen molar-refractivity contribution in [2.75, 3.05) is 26.8 Å². The van der Waals surface area contributed by atoms with Gasteiger partial charge in [0.25, 0.3) is 0 Å². The van der Waals surface area contributed by atoms with Crippen LogP contribution in [0.15, 0.2) is 0 Å². The summed E-state index contributed by atoms with van der Waals surface area (Å²) in [5.74, 6) is 0.280. The molecule has 0 spiro atoms. The molecule has 1 saturated heterocycles. The Bertz CT molecular complexity index is 185. The molecule has 0 radical (unpaired) electrons. The molecule has 1 fully saturated rings. The monoisotopic (exact) mass is 200 g/mol. The normalized spacial score (nSPS) is 27.3. The second-order valence-electron chi connectivity index (χ2n) is 3.78. The molecule has 0 aromatic heterocycles. The summed E-state index contributed by atoms with van der Waals surface area (Å²) in [6.45, 7) is 4.29. The maximum absolute atomic E-state index is 11.7. The molecule has 0 bridgehead atoms. The van der Waals surface area contributed by atoms with Gasteiger partial charge in [-0.1, -0.05) is 0 Å². The average Bonchev–Trinajstić information content (AvgIpc) is 2.18. The first-order valence-electron chi connectivity index (χ1n) is 5.25. The third kappa shape index (κ3) is 3.27. The molecule has 2 N–H and O–H groups in total. The van der Waals surface area contributed by atoms with Gasteiger partial charge in [0.2, 0.25) is 5.91 Å². The fourth-order valence-electron chi connectivity index (χ4n) is 1.81. The molecule has 4 nitrogen and oxygen atoms in total. The number of nitrogens with one attached hydrogen (secondary N) is 2. The van der Waals surface area contributed by atoms with Gasteiger partial charge in [-0.05, 0) is 26.3 Å². The SMILES string of the molecule is COCCNC(=O)[C@@H]1CCCN[C@@H]1C.